The van der Waals surface area contributed by atoms with Crippen LogP contribution >= 0.6 is 34.8 Å². The average molecular weight is 484 g/mol. The van der Waals surface area contributed by atoms with Crippen LogP contribution in [0, 0.1) is 0 Å². The number of anilines is 1. The molecule has 0 radical (unpaired) electrons. The number of nitrogens with one attached hydrogen (secondary N) is 2. The molecule has 3 aromatic rings. The molecule has 3 aromatic carbocycles. The molecule has 0 heterocycles. The second-order valence-electron chi connectivity index (χ2n) is 6.37. The zero-order valence-electron chi connectivity index (χ0n) is 15.5. The van der Waals surface area contributed by atoms with E-state index in [1.54, 1.807) is 0 Å². The average Bonchev–Trinajstić information content (AvgIpc) is 2.71. The van der Waals surface area contributed by atoms with E-state index >= 15 is 0 Å². The first-order valence-corrected chi connectivity index (χ1v) is 11.5. The van der Waals surface area contributed by atoms with Crippen molar-refractivity contribution in [1.29, 1.82) is 0 Å². The third-order valence-electron chi connectivity index (χ3n) is 4.20. The monoisotopic (exact) mass is 482 g/mol. The minimum atomic E-state index is -4.11. The van der Waals surface area contributed by atoms with E-state index in [9.17, 15) is 13.2 Å². The van der Waals surface area contributed by atoms with Crippen LogP contribution in [0.1, 0.15) is 15.9 Å². The molecule has 0 saturated heterocycles. The highest BCUT2D eigenvalue weighted by molar-refractivity contribution is 7.92. The fourth-order valence-corrected chi connectivity index (χ4v) is 4.68. The number of halogens is 3. The molecule has 3 rings (SSSR count). The largest absolute Gasteiger partial charge is 0.352 e. The predicted molar refractivity (Wildman–Crippen MR) is 121 cm³/mol. The molecule has 0 spiro atoms. The first-order valence-electron chi connectivity index (χ1n) is 8.86. The van der Waals surface area contributed by atoms with Crippen LogP contribution in [0.4, 0.5) is 5.69 Å². The van der Waals surface area contributed by atoms with E-state index in [4.69, 9.17) is 34.8 Å². The lowest BCUT2D eigenvalue weighted by Gasteiger charge is -2.12. The molecule has 0 unspecified atom stereocenters. The number of benzene rings is 3. The van der Waals surface area contributed by atoms with Crippen molar-refractivity contribution in [1.82, 2.24) is 5.32 Å². The van der Waals surface area contributed by atoms with E-state index in [1.807, 2.05) is 30.3 Å². The van der Waals surface area contributed by atoms with Gasteiger partial charge in [0.1, 0.15) is 4.90 Å². The normalized spacial score (nSPS) is 11.2. The van der Waals surface area contributed by atoms with Crippen molar-refractivity contribution >= 4 is 56.4 Å². The molecule has 0 aromatic heterocycles. The van der Waals surface area contributed by atoms with Crippen LogP contribution in [0.5, 0.6) is 0 Å². The van der Waals surface area contributed by atoms with Gasteiger partial charge in [0.15, 0.2) is 0 Å². The van der Waals surface area contributed by atoms with Crippen molar-refractivity contribution in [2.45, 2.75) is 11.3 Å². The third-order valence-corrected chi connectivity index (χ3v) is 6.61. The van der Waals surface area contributed by atoms with Gasteiger partial charge >= 0.3 is 0 Å². The molecule has 0 aliphatic rings. The summed E-state index contributed by atoms with van der Waals surface area (Å²) < 4.78 is 28.0. The molecule has 0 saturated carbocycles. The number of carbonyl (C=O) groups excluding carboxylic acids is 1. The van der Waals surface area contributed by atoms with Gasteiger partial charge in [-0.25, -0.2) is 8.42 Å². The topological polar surface area (TPSA) is 75.3 Å². The summed E-state index contributed by atoms with van der Waals surface area (Å²) in [5.74, 6) is -0.403. The third kappa shape index (κ3) is 5.67. The van der Waals surface area contributed by atoms with E-state index in [1.165, 1.54) is 36.4 Å². The molecule has 0 fully saturated rings. The van der Waals surface area contributed by atoms with Crippen molar-refractivity contribution in [3.63, 3.8) is 0 Å². The van der Waals surface area contributed by atoms with Crippen LogP contribution < -0.4 is 10.0 Å². The molecule has 30 heavy (non-hydrogen) atoms. The number of sulfonamides is 1. The molecule has 0 aliphatic heterocycles. The number of hydrogen-bond donors (Lipinski definition) is 2. The predicted octanol–water partition coefficient (Wildman–Crippen LogP) is 5.42. The van der Waals surface area contributed by atoms with E-state index in [2.05, 4.69) is 10.0 Å². The Bertz CT molecular complexity index is 1170. The fourth-order valence-electron chi connectivity index (χ4n) is 2.69. The number of amides is 1. The highest BCUT2D eigenvalue weighted by Crippen LogP contribution is 2.30. The minimum Gasteiger partial charge on any atom is -0.352 e. The highest BCUT2D eigenvalue weighted by atomic mass is 35.5. The van der Waals surface area contributed by atoms with Crippen LogP contribution in [0.25, 0.3) is 0 Å². The van der Waals surface area contributed by atoms with Gasteiger partial charge in [-0.3, -0.25) is 9.52 Å². The Morgan fingerprint density at radius 3 is 2.30 bits per heavy atom. The SMILES string of the molecule is O=C(NCCc1ccccc1)c1ccc(Cl)c(S(=O)(=O)Nc2cc(Cl)ccc2Cl)c1. The molecular weight excluding hydrogens is 467 g/mol. The molecule has 9 heteroatoms. The zero-order chi connectivity index (χ0) is 21.7. The van der Waals surface area contributed by atoms with Crippen LogP contribution in [-0.2, 0) is 16.4 Å². The molecular formula is C21H17Cl3N2O3S. The Morgan fingerprint density at radius 2 is 1.57 bits per heavy atom. The maximum Gasteiger partial charge on any atom is 0.263 e. The van der Waals surface area contributed by atoms with Crippen LogP contribution in [0.15, 0.2) is 71.6 Å². The van der Waals surface area contributed by atoms with Crippen LogP contribution in [0.3, 0.4) is 0 Å². The number of hydrogen-bond acceptors (Lipinski definition) is 3. The summed E-state index contributed by atoms with van der Waals surface area (Å²) in [4.78, 5) is 12.2. The molecule has 156 valence electrons. The molecule has 5 nitrogen and oxygen atoms in total. The zero-order valence-corrected chi connectivity index (χ0v) is 18.6. The van der Waals surface area contributed by atoms with E-state index in [-0.39, 0.29) is 26.2 Å². The van der Waals surface area contributed by atoms with Gasteiger partial charge in [-0.2, -0.15) is 0 Å². The Morgan fingerprint density at radius 1 is 0.867 bits per heavy atom. The lowest BCUT2D eigenvalue weighted by Crippen LogP contribution is -2.26. The van der Waals surface area contributed by atoms with Gasteiger partial charge in [0, 0.05) is 17.1 Å². The summed E-state index contributed by atoms with van der Waals surface area (Å²) in [6, 6.07) is 18.1. The van der Waals surface area contributed by atoms with Gasteiger partial charge in [0.2, 0.25) is 0 Å². The van der Waals surface area contributed by atoms with Gasteiger partial charge < -0.3 is 5.32 Å². The Hall–Kier alpha value is -2.25. The van der Waals surface area contributed by atoms with Gasteiger partial charge in [0.05, 0.1) is 15.7 Å². The Balaban J connectivity index is 1.76. The summed E-state index contributed by atoms with van der Waals surface area (Å²) >= 11 is 18.0. The van der Waals surface area contributed by atoms with E-state index < -0.39 is 15.9 Å². The standard InChI is InChI=1S/C21H17Cl3N2O3S/c22-16-7-9-17(23)19(13-16)26-30(28,29)20-12-15(6-8-18(20)24)21(27)25-11-10-14-4-2-1-3-5-14/h1-9,12-13,26H,10-11H2,(H,25,27). The lowest BCUT2D eigenvalue weighted by molar-refractivity contribution is 0.0954. The first-order chi connectivity index (χ1) is 14.3. The molecule has 0 atom stereocenters. The van der Waals surface area contributed by atoms with Crippen molar-refractivity contribution in [2.75, 3.05) is 11.3 Å². The molecule has 1 amide bonds. The second-order valence-corrected chi connectivity index (χ2v) is 9.27. The van der Waals surface area contributed by atoms with Crippen LogP contribution in [0.2, 0.25) is 15.1 Å². The fraction of sp³-hybridized carbons (Fsp3) is 0.0952. The summed E-state index contributed by atoms with van der Waals surface area (Å²) in [6.07, 6.45) is 0.653. The summed E-state index contributed by atoms with van der Waals surface area (Å²) in [7, 11) is -4.11. The summed E-state index contributed by atoms with van der Waals surface area (Å²) in [5, 5.41) is 3.24. The lowest BCUT2D eigenvalue weighted by atomic mass is 10.1. The molecule has 2 N–H and O–H groups in total. The Labute approximate surface area is 190 Å². The number of carbonyl (C=O) groups is 1. The number of rotatable bonds is 7. The van der Waals surface area contributed by atoms with Crippen molar-refractivity contribution in [3.8, 4) is 0 Å². The van der Waals surface area contributed by atoms with Crippen molar-refractivity contribution in [2.24, 2.45) is 0 Å². The molecule has 0 bridgehead atoms. The van der Waals surface area contributed by atoms with Crippen LogP contribution in [-0.4, -0.2) is 20.9 Å². The highest BCUT2D eigenvalue weighted by Gasteiger charge is 2.21. The van der Waals surface area contributed by atoms with Gasteiger partial charge in [-0.05, 0) is 48.4 Å². The van der Waals surface area contributed by atoms with Gasteiger partial charge in [0.25, 0.3) is 15.9 Å². The van der Waals surface area contributed by atoms with Crippen molar-refractivity contribution < 1.29 is 13.2 Å². The van der Waals surface area contributed by atoms with E-state index in [0.29, 0.717) is 18.0 Å². The Kier molecular flexibility index (Phi) is 7.26. The molecule has 0 aliphatic carbocycles. The van der Waals surface area contributed by atoms with E-state index in [0.717, 1.165) is 5.56 Å². The quantitative estimate of drug-likeness (QED) is 0.471. The summed E-state index contributed by atoms with van der Waals surface area (Å²) in [6.45, 7) is 0.407. The minimum absolute atomic E-state index is 0.0264. The summed E-state index contributed by atoms with van der Waals surface area (Å²) in [5.41, 5.74) is 1.36. The van der Waals surface area contributed by atoms with Gasteiger partial charge in [-0.15, -0.1) is 0 Å². The maximum atomic E-state index is 12.8. The smallest absolute Gasteiger partial charge is 0.263 e. The first kappa shape index (κ1) is 22.4. The van der Waals surface area contributed by atoms with Gasteiger partial charge in [-0.1, -0.05) is 65.1 Å². The second kappa shape index (κ2) is 9.71. The maximum absolute atomic E-state index is 12.8. The van der Waals surface area contributed by atoms with Crippen molar-refractivity contribution in [3.05, 3.63) is 92.9 Å².